The summed E-state index contributed by atoms with van der Waals surface area (Å²) in [6, 6.07) is 16.9. The summed E-state index contributed by atoms with van der Waals surface area (Å²) in [5.41, 5.74) is 2.03. The SMILES string of the molecule is O=c1c(-c2ccccc2)c(CSC2=NC=NC3N=CNC23)oc2ccccc12. The number of para-hydroxylation sites is 1. The maximum Gasteiger partial charge on any atom is 0.200 e. The van der Waals surface area contributed by atoms with Gasteiger partial charge in [-0.25, -0.2) is 15.0 Å². The average Bonchev–Trinajstić information content (AvgIpc) is 3.22. The maximum absolute atomic E-state index is 13.2. The lowest BCUT2D eigenvalue weighted by Gasteiger charge is -2.19. The molecule has 3 heterocycles. The second-order valence-electron chi connectivity index (χ2n) is 6.45. The van der Waals surface area contributed by atoms with Crippen molar-refractivity contribution < 1.29 is 4.42 Å². The van der Waals surface area contributed by atoms with Gasteiger partial charge in [0.05, 0.1) is 23.0 Å². The molecule has 0 bridgehead atoms. The molecule has 2 aliphatic heterocycles. The van der Waals surface area contributed by atoms with Crippen molar-refractivity contribution in [2.75, 3.05) is 0 Å². The average molecular weight is 388 g/mol. The third-order valence-electron chi connectivity index (χ3n) is 4.73. The first kappa shape index (κ1) is 16.9. The van der Waals surface area contributed by atoms with Crippen molar-refractivity contribution in [3.05, 3.63) is 70.6 Å². The number of fused-ring (bicyclic) bond motifs is 2. The first-order valence-electron chi connectivity index (χ1n) is 8.91. The molecule has 1 aromatic heterocycles. The van der Waals surface area contributed by atoms with E-state index in [1.54, 1.807) is 18.7 Å². The van der Waals surface area contributed by atoms with E-state index in [1.165, 1.54) is 11.8 Å². The number of benzene rings is 2. The van der Waals surface area contributed by atoms with Crippen LogP contribution in [0.25, 0.3) is 22.1 Å². The largest absolute Gasteiger partial charge is 0.459 e. The Hall–Kier alpha value is -3.19. The zero-order chi connectivity index (χ0) is 18.9. The van der Waals surface area contributed by atoms with Gasteiger partial charge in [-0.05, 0) is 17.7 Å². The van der Waals surface area contributed by atoms with Crippen LogP contribution in [0.3, 0.4) is 0 Å². The molecule has 138 valence electrons. The number of hydrogen-bond donors (Lipinski definition) is 1. The molecule has 0 spiro atoms. The van der Waals surface area contributed by atoms with Crippen LogP contribution in [0.2, 0.25) is 0 Å². The highest BCUT2D eigenvalue weighted by Gasteiger charge is 2.31. The molecule has 5 rings (SSSR count). The number of nitrogens with zero attached hydrogens (tertiary/aromatic N) is 3. The molecule has 7 heteroatoms. The molecule has 0 radical (unpaired) electrons. The van der Waals surface area contributed by atoms with Crippen molar-refractivity contribution in [1.82, 2.24) is 5.32 Å². The Morgan fingerprint density at radius 1 is 1.04 bits per heavy atom. The molecular formula is C21H16N4O2S. The van der Waals surface area contributed by atoms with Gasteiger partial charge >= 0.3 is 0 Å². The van der Waals surface area contributed by atoms with E-state index >= 15 is 0 Å². The van der Waals surface area contributed by atoms with E-state index in [1.807, 2.05) is 48.5 Å². The van der Waals surface area contributed by atoms with E-state index in [4.69, 9.17) is 4.42 Å². The number of thioether (sulfide) groups is 1. The van der Waals surface area contributed by atoms with Gasteiger partial charge in [0, 0.05) is 0 Å². The first-order valence-corrected chi connectivity index (χ1v) is 9.90. The summed E-state index contributed by atoms with van der Waals surface area (Å²) in [4.78, 5) is 26.2. The Labute approximate surface area is 165 Å². The van der Waals surface area contributed by atoms with Gasteiger partial charge in [-0.3, -0.25) is 4.79 Å². The van der Waals surface area contributed by atoms with E-state index < -0.39 is 0 Å². The second-order valence-corrected chi connectivity index (χ2v) is 7.44. The predicted octanol–water partition coefficient (Wildman–Crippen LogP) is 3.46. The van der Waals surface area contributed by atoms with E-state index in [9.17, 15) is 4.79 Å². The third kappa shape index (κ3) is 2.93. The van der Waals surface area contributed by atoms with Crippen LogP contribution in [-0.4, -0.2) is 29.9 Å². The molecule has 0 fully saturated rings. The monoisotopic (exact) mass is 388 g/mol. The molecule has 2 unspecified atom stereocenters. The molecule has 0 aliphatic carbocycles. The second kappa shape index (κ2) is 7.09. The van der Waals surface area contributed by atoms with Crippen LogP contribution in [0.4, 0.5) is 0 Å². The van der Waals surface area contributed by atoms with Crippen LogP contribution in [0.1, 0.15) is 5.76 Å². The molecule has 0 saturated carbocycles. The van der Waals surface area contributed by atoms with Gasteiger partial charge in [-0.1, -0.05) is 42.5 Å². The fraction of sp³-hybridized carbons (Fsp3) is 0.143. The fourth-order valence-electron chi connectivity index (χ4n) is 3.39. The molecular weight excluding hydrogens is 372 g/mol. The summed E-state index contributed by atoms with van der Waals surface area (Å²) >= 11 is 1.54. The van der Waals surface area contributed by atoms with Gasteiger partial charge < -0.3 is 9.73 Å². The molecule has 3 aromatic rings. The van der Waals surface area contributed by atoms with Crippen molar-refractivity contribution in [1.29, 1.82) is 0 Å². The Bertz CT molecular complexity index is 1180. The van der Waals surface area contributed by atoms with Crippen LogP contribution < -0.4 is 10.7 Å². The minimum absolute atomic E-state index is 0.0176. The van der Waals surface area contributed by atoms with Gasteiger partial charge in [0.1, 0.15) is 28.8 Å². The Kier molecular flexibility index (Phi) is 4.29. The van der Waals surface area contributed by atoms with Crippen LogP contribution in [0.5, 0.6) is 0 Å². The number of nitrogens with one attached hydrogen (secondary N) is 1. The molecule has 0 saturated heterocycles. The molecule has 6 nitrogen and oxygen atoms in total. The minimum Gasteiger partial charge on any atom is -0.459 e. The molecule has 28 heavy (non-hydrogen) atoms. The molecule has 1 N–H and O–H groups in total. The Balaban J connectivity index is 1.56. The van der Waals surface area contributed by atoms with E-state index in [-0.39, 0.29) is 17.6 Å². The smallest absolute Gasteiger partial charge is 0.200 e. The normalized spacial score (nSPS) is 20.1. The van der Waals surface area contributed by atoms with Gasteiger partial charge in [-0.2, -0.15) is 0 Å². The summed E-state index contributed by atoms with van der Waals surface area (Å²) in [6.07, 6.45) is 3.04. The third-order valence-corrected chi connectivity index (χ3v) is 5.80. The standard InChI is InChI=1S/C21H16N4O2S/c26-19-14-8-4-5-9-15(14)27-16(17(19)13-6-2-1-3-7-13)10-28-21-18-20(23-11-22-18)24-12-25-21/h1-9,11-12,18,20H,10H2,(H,22,23). The lowest BCUT2D eigenvalue weighted by molar-refractivity contribution is 0.563. The van der Waals surface area contributed by atoms with Gasteiger partial charge in [-0.15, -0.1) is 11.8 Å². The first-order chi connectivity index (χ1) is 13.8. The topological polar surface area (TPSA) is 79.3 Å². The Morgan fingerprint density at radius 3 is 2.75 bits per heavy atom. The number of aliphatic imine (C=N–C) groups is 3. The van der Waals surface area contributed by atoms with Crippen molar-refractivity contribution in [2.45, 2.75) is 18.0 Å². The Morgan fingerprint density at radius 2 is 1.86 bits per heavy atom. The minimum atomic E-state index is -0.169. The van der Waals surface area contributed by atoms with E-state index in [2.05, 4.69) is 20.3 Å². The molecule has 2 atom stereocenters. The maximum atomic E-state index is 13.2. The van der Waals surface area contributed by atoms with E-state index in [0.717, 1.165) is 10.6 Å². The summed E-state index contributed by atoms with van der Waals surface area (Å²) < 4.78 is 6.17. The van der Waals surface area contributed by atoms with Crippen molar-refractivity contribution in [3.8, 4) is 11.1 Å². The zero-order valence-corrected chi connectivity index (χ0v) is 15.6. The molecule has 0 amide bonds. The lowest BCUT2D eigenvalue weighted by Crippen LogP contribution is -2.39. The highest BCUT2D eigenvalue weighted by molar-refractivity contribution is 8.13. The van der Waals surface area contributed by atoms with Gasteiger partial charge in [0.2, 0.25) is 5.43 Å². The zero-order valence-electron chi connectivity index (χ0n) is 14.8. The van der Waals surface area contributed by atoms with E-state index in [0.29, 0.717) is 28.0 Å². The highest BCUT2D eigenvalue weighted by atomic mass is 32.2. The summed E-state index contributed by atoms with van der Waals surface area (Å²) in [5, 5.41) is 4.65. The van der Waals surface area contributed by atoms with Crippen molar-refractivity contribution >= 4 is 40.5 Å². The van der Waals surface area contributed by atoms with Crippen molar-refractivity contribution in [3.63, 3.8) is 0 Å². The number of rotatable bonds is 3. The van der Waals surface area contributed by atoms with Crippen LogP contribution >= 0.6 is 11.8 Å². The fourth-order valence-corrected chi connectivity index (χ4v) is 4.36. The van der Waals surface area contributed by atoms with Gasteiger partial charge in [0.25, 0.3) is 0 Å². The summed E-state index contributed by atoms with van der Waals surface area (Å²) in [6.45, 7) is 0. The van der Waals surface area contributed by atoms with Crippen LogP contribution in [0, 0.1) is 0 Å². The van der Waals surface area contributed by atoms with Crippen molar-refractivity contribution in [2.24, 2.45) is 15.0 Å². The van der Waals surface area contributed by atoms with Gasteiger partial charge in [0.15, 0.2) is 6.17 Å². The lowest BCUT2D eigenvalue weighted by atomic mass is 10.0. The van der Waals surface area contributed by atoms with Crippen LogP contribution in [0.15, 0.2) is 78.8 Å². The summed E-state index contributed by atoms with van der Waals surface area (Å²) in [5.74, 6) is 1.13. The highest BCUT2D eigenvalue weighted by Crippen LogP contribution is 2.29. The molecule has 2 aromatic carbocycles. The summed E-state index contributed by atoms with van der Waals surface area (Å²) in [7, 11) is 0. The van der Waals surface area contributed by atoms with Crippen LogP contribution in [-0.2, 0) is 5.75 Å². The quantitative estimate of drug-likeness (QED) is 0.745. The molecule has 2 aliphatic rings. The predicted molar refractivity (Wildman–Crippen MR) is 114 cm³/mol. The number of hydrogen-bond acceptors (Lipinski definition) is 7.